The van der Waals surface area contributed by atoms with Crippen LogP contribution in [0.4, 0.5) is 5.82 Å². The topological polar surface area (TPSA) is 54.0 Å². The van der Waals surface area contributed by atoms with Crippen molar-refractivity contribution in [3.63, 3.8) is 0 Å². The minimum absolute atomic E-state index is 0.816. The molecule has 0 unspecified atom stereocenters. The second kappa shape index (κ2) is 9.62. The largest absolute Gasteiger partial charge is 0.497 e. The highest BCUT2D eigenvalue weighted by Crippen LogP contribution is 2.30. The summed E-state index contributed by atoms with van der Waals surface area (Å²) in [7, 11) is 3.39. The molecular formula is C23H33N5O2. The molecule has 0 spiro atoms. The molecule has 0 N–H and O–H groups in total. The van der Waals surface area contributed by atoms with E-state index in [2.05, 4.69) is 37.7 Å². The summed E-state index contributed by atoms with van der Waals surface area (Å²) in [6, 6.07) is 6.04. The van der Waals surface area contributed by atoms with Crippen LogP contribution in [0, 0.1) is 0 Å². The van der Waals surface area contributed by atoms with E-state index >= 15 is 0 Å². The molecule has 162 valence electrons. The van der Waals surface area contributed by atoms with Gasteiger partial charge in [0.1, 0.15) is 23.6 Å². The Bertz CT molecular complexity index is 851. The minimum Gasteiger partial charge on any atom is -0.497 e. The number of benzene rings is 1. The maximum Gasteiger partial charge on any atom is 0.135 e. The summed E-state index contributed by atoms with van der Waals surface area (Å²) in [5.41, 5.74) is 3.66. The molecule has 4 rings (SSSR count). The number of piperazine rings is 1. The lowest BCUT2D eigenvalue weighted by atomic mass is 10.0. The van der Waals surface area contributed by atoms with E-state index in [9.17, 15) is 0 Å². The number of hydrogen-bond acceptors (Lipinski definition) is 7. The summed E-state index contributed by atoms with van der Waals surface area (Å²) in [6.45, 7) is 10.5. The first-order valence-corrected chi connectivity index (χ1v) is 10.9. The summed E-state index contributed by atoms with van der Waals surface area (Å²) >= 11 is 0. The van der Waals surface area contributed by atoms with E-state index in [1.54, 1.807) is 20.5 Å². The molecule has 2 aliphatic rings. The summed E-state index contributed by atoms with van der Waals surface area (Å²) < 4.78 is 10.9. The maximum absolute atomic E-state index is 5.58. The molecule has 1 fully saturated rings. The highest BCUT2D eigenvalue weighted by Gasteiger charge is 2.26. The predicted octanol–water partition coefficient (Wildman–Crippen LogP) is 2.58. The molecule has 2 aliphatic heterocycles. The molecule has 0 radical (unpaired) electrons. The van der Waals surface area contributed by atoms with Crippen molar-refractivity contribution in [2.75, 3.05) is 58.4 Å². The molecule has 1 aromatic carbocycles. The number of fused-ring (bicyclic) bond motifs is 1. The van der Waals surface area contributed by atoms with Crippen molar-refractivity contribution in [3.8, 4) is 11.5 Å². The number of rotatable bonds is 7. The van der Waals surface area contributed by atoms with Crippen LogP contribution in [0.1, 0.15) is 30.2 Å². The monoisotopic (exact) mass is 411 g/mol. The highest BCUT2D eigenvalue weighted by molar-refractivity contribution is 5.50. The Morgan fingerprint density at radius 2 is 1.80 bits per heavy atom. The predicted molar refractivity (Wildman–Crippen MR) is 118 cm³/mol. The Hall–Kier alpha value is -2.38. The van der Waals surface area contributed by atoms with Crippen molar-refractivity contribution in [1.82, 2.24) is 19.8 Å². The van der Waals surface area contributed by atoms with Crippen LogP contribution in [0.3, 0.4) is 0 Å². The maximum atomic E-state index is 5.58. The zero-order valence-corrected chi connectivity index (χ0v) is 18.4. The molecule has 1 saturated heterocycles. The second-order valence-corrected chi connectivity index (χ2v) is 8.09. The van der Waals surface area contributed by atoms with Gasteiger partial charge in [-0.2, -0.15) is 0 Å². The van der Waals surface area contributed by atoms with Gasteiger partial charge in [-0.25, -0.2) is 9.97 Å². The number of aromatic nitrogens is 2. The van der Waals surface area contributed by atoms with Gasteiger partial charge in [0.15, 0.2) is 0 Å². The first-order chi connectivity index (χ1) is 14.7. The summed E-state index contributed by atoms with van der Waals surface area (Å²) in [5.74, 6) is 2.84. The van der Waals surface area contributed by atoms with Gasteiger partial charge in [-0.15, -0.1) is 0 Å². The lowest BCUT2D eigenvalue weighted by Crippen LogP contribution is -2.47. The molecule has 30 heavy (non-hydrogen) atoms. The van der Waals surface area contributed by atoms with Crippen molar-refractivity contribution in [2.45, 2.75) is 32.9 Å². The number of methoxy groups -OCH3 is 2. The number of ether oxygens (including phenoxy) is 2. The van der Waals surface area contributed by atoms with E-state index in [0.29, 0.717) is 0 Å². The molecule has 0 bridgehead atoms. The van der Waals surface area contributed by atoms with Gasteiger partial charge < -0.3 is 14.4 Å². The van der Waals surface area contributed by atoms with Crippen LogP contribution >= 0.6 is 0 Å². The standard InChI is InChI=1S/C23H33N5O2/c1-4-8-26-10-12-28(13-11-26)23-20-7-9-27(16-21(20)24-17-25-23)15-18-5-6-19(29-2)14-22(18)30-3/h5-6,14,17H,4,7-13,15-16H2,1-3H3. The van der Waals surface area contributed by atoms with Crippen LogP contribution in [-0.4, -0.2) is 73.3 Å². The van der Waals surface area contributed by atoms with Crippen molar-refractivity contribution in [1.29, 1.82) is 0 Å². The van der Waals surface area contributed by atoms with Gasteiger partial charge in [0.25, 0.3) is 0 Å². The number of hydrogen-bond donors (Lipinski definition) is 0. The minimum atomic E-state index is 0.816. The van der Waals surface area contributed by atoms with Crippen LogP contribution in [0.25, 0.3) is 0 Å². The van der Waals surface area contributed by atoms with Crippen LogP contribution in [0.5, 0.6) is 11.5 Å². The molecule has 0 saturated carbocycles. The van der Waals surface area contributed by atoms with E-state index in [1.165, 1.54) is 24.1 Å². The van der Waals surface area contributed by atoms with Gasteiger partial charge in [0, 0.05) is 63.0 Å². The van der Waals surface area contributed by atoms with Gasteiger partial charge in [-0.1, -0.05) is 13.0 Å². The highest BCUT2D eigenvalue weighted by atomic mass is 16.5. The molecule has 0 atom stereocenters. The van der Waals surface area contributed by atoms with Gasteiger partial charge in [0.05, 0.1) is 19.9 Å². The zero-order chi connectivity index (χ0) is 20.9. The third kappa shape index (κ3) is 4.52. The molecule has 3 heterocycles. The van der Waals surface area contributed by atoms with Crippen LogP contribution in [0.2, 0.25) is 0 Å². The average molecular weight is 412 g/mol. The average Bonchev–Trinajstić information content (AvgIpc) is 2.79. The molecule has 7 nitrogen and oxygen atoms in total. The van der Waals surface area contributed by atoms with Gasteiger partial charge in [0.2, 0.25) is 0 Å². The van der Waals surface area contributed by atoms with E-state index in [1.807, 2.05) is 12.1 Å². The lowest BCUT2D eigenvalue weighted by molar-refractivity contribution is 0.236. The molecule has 2 aromatic rings. The molecule has 7 heteroatoms. The van der Waals surface area contributed by atoms with Gasteiger partial charge in [-0.05, 0) is 25.5 Å². The molecule has 1 aromatic heterocycles. The molecular weight excluding hydrogens is 378 g/mol. The van der Waals surface area contributed by atoms with Crippen molar-refractivity contribution in [2.24, 2.45) is 0 Å². The Kier molecular flexibility index (Phi) is 6.69. The first-order valence-electron chi connectivity index (χ1n) is 10.9. The Morgan fingerprint density at radius 1 is 0.967 bits per heavy atom. The van der Waals surface area contributed by atoms with Crippen LogP contribution < -0.4 is 14.4 Å². The van der Waals surface area contributed by atoms with E-state index in [4.69, 9.17) is 9.47 Å². The third-order valence-electron chi connectivity index (χ3n) is 6.16. The zero-order valence-electron chi connectivity index (χ0n) is 18.4. The van der Waals surface area contributed by atoms with Crippen molar-refractivity contribution in [3.05, 3.63) is 41.3 Å². The number of anilines is 1. The Labute approximate surface area is 179 Å². The lowest BCUT2D eigenvalue weighted by Gasteiger charge is -2.37. The summed E-state index contributed by atoms with van der Waals surface area (Å²) in [4.78, 5) is 16.8. The van der Waals surface area contributed by atoms with Crippen LogP contribution in [-0.2, 0) is 19.5 Å². The van der Waals surface area contributed by atoms with E-state index < -0.39 is 0 Å². The quantitative estimate of drug-likeness (QED) is 0.694. The smallest absolute Gasteiger partial charge is 0.135 e. The SMILES string of the molecule is CCCN1CCN(c2ncnc3c2CCN(Cc2ccc(OC)cc2OC)C3)CC1. The summed E-state index contributed by atoms with van der Waals surface area (Å²) in [6.07, 6.45) is 3.95. The van der Waals surface area contributed by atoms with E-state index in [-0.39, 0.29) is 0 Å². The van der Waals surface area contributed by atoms with Crippen molar-refractivity contribution < 1.29 is 9.47 Å². The van der Waals surface area contributed by atoms with Crippen LogP contribution in [0.15, 0.2) is 24.5 Å². The molecule has 0 amide bonds. The van der Waals surface area contributed by atoms with Gasteiger partial charge in [-0.3, -0.25) is 9.80 Å². The third-order valence-corrected chi connectivity index (χ3v) is 6.16. The molecule has 0 aliphatic carbocycles. The summed E-state index contributed by atoms with van der Waals surface area (Å²) in [5, 5.41) is 0. The fourth-order valence-electron chi connectivity index (χ4n) is 4.52. The Morgan fingerprint density at radius 3 is 2.53 bits per heavy atom. The normalized spacial score (nSPS) is 17.6. The Balaban J connectivity index is 1.45. The first kappa shape index (κ1) is 20.9. The van der Waals surface area contributed by atoms with Gasteiger partial charge >= 0.3 is 0 Å². The fraction of sp³-hybridized carbons (Fsp3) is 0.565. The van der Waals surface area contributed by atoms with E-state index in [0.717, 1.165) is 75.2 Å². The fourth-order valence-corrected chi connectivity index (χ4v) is 4.52. The number of nitrogens with zero attached hydrogens (tertiary/aromatic N) is 5. The van der Waals surface area contributed by atoms with Crippen molar-refractivity contribution >= 4 is 5.82 Å². The second-order valence-electron chi connectivity index (χ2n) is 8.09.